The first kappa shape index (κ1) is 10.3. The van der Waals surface area contributed by atoms with E-state index in [9.17, 15) is 4.79 Å². The van der Waals surface area contributed by atoms with Gasteiger partial charge in [-0.05, 0) is 12.1 Å². The minimum absolute atomic E-state index is 0.142. The SMILES string of the molecule is CC(=O)Nc1ccc(-c2ncn(C)n2)cn1. The number of amides is 1. The topological polar surface area (TPSA) is 72.7 Å². The van der Waals surface area contributed by atoms with Crippen LogP contribution in [0.1, 0.15) is 6.92 Å². The summed E-state index contributed by atoms with van der Waals surface area (Å²) in [5, 5.41) is 6.74. The minimum Gasteiger partial charge on any atom is -0.311 e. The zero-order valence-corrected chi connectivity index (χ0v) is 9.01. The zero-order valence-electron chi connectivity index (χ0n) is 9.01. The quantitative estimate of drug-likeness (QED) is 0.808. The predicted octanol–water partition coefficient (Wildman–Crippen LogP) is 0.835. The van der Waals surface area contributed by atoms with Gasteiger partial charge in [-0.25, -0.2) is 9.97 Å². The number of aromatic nitrogens is 4. The number of carbonyl (C=O) groups excluding carboxylic acids is 1. The Morgan fingerprint density at radius 1 is 1.38 bits per heavy atom. The van der Waals surface area contributed by atoms with Gasteiger partial charge in [-0.15, -0.1) is 0 Å². The van der Waals surface area contributed by atoms with Crippen LogP contribution < -0.4 is 5.32 Å². The summed E-state index contributed by atoms with van der Waals surface area (Å²) in [6.07, 6.45) is 3.25. The molecule has 2 aromatic rings. The van der Waals surface area contributed by atoms with E-state index in [-0.39, 0.29) is 5.91 Å². The molecular weight excluding hydrogens is 206 g/mol. The molecule has 2 heterocycles. The molecule has 82 valence electrons. The van der Waals surface area contributed by atoms with Crippen LogP contribution in [0, 0.1) is 0 Å². The Morgan fingerprint density at radius 2 is 2.19 bits per heavy atom. The molecule has 2 aromatic heterocycles. The number of rotatable bonds is 2. The van der Waals surface area contributed by atoms with Crippen molar-refractivity contribution < 1.29 is 4.79 Å². The van der Waals surface area contributed by atoms with Crippen LogP contribution >= 0.6 is 0 Å². The molecule has 16 heavy (non-hydrogen) atoms. The number of nitrogens with zero attached hydrogens (tertiary/aromatic N) is 4. The van der Waals surface area contributed by atoms with Crippen molar-refractivity contribution in [1.29, 1.82) is 0 Å². The Kier molecular flexibility index (Phi) is 2.63. The van der Waals surface area contributed by atoms with Gasteiger partial charge in [0.2, 0.25) is 5.91 Å². The second-order valence-electron chi connectivity index (χ2n) is 3.36. The van der Waals surface area contributed by atoms with Gasteiger partial charge in [0.1, 0.15) is 12.1 Å². The van der Waals surface area contributed by atoms with Crippen LogP contribution in [-0.4, -0.2) is 25.7 Å². The lowest BCUT2D eigenvalue weighted by Gasteiger charge is -2.00. The molecule has 0 saturated carbocycles. The van der Waals surface area contributed by atoms with Gasteiger partial charge in [0.15, 0.2) is 5.82 Å². The van der Waals surface area contributed by atoms with E-state index >= 15 is 0 Å². The molecule has 1 N–H and O–H groups in total. The maximum Gasteiger partial charge on any atom is 0.222 e. The highest BCUT2D eigenvalue weighted by Crippen LogP contribution is 2.14. The van der Waals surface area contributed by atoms with Crippen molar-refractivity contribution >= 4 is 11.7 Å². The van der Waals surface area contributed by atoms with Crippen LogP contribution in [0.5, 0.6) is 0 Å². The van der Waals surface area contributed by atoms with Crippen molar-refractivity contribution in [2.75, 3.05) is 5.32 Å². The summed E-state index contributed by atoms with van der Waals surface area (Å²) in [6.45, 7) is 1.44. The molecule has 2 rings (SSSR count). The predicted molar refractivity (Wildman–Crippen MR) is 58.5 cm³/mol. The molecule has 0 aliphatic carbocycles. The molecule has 0 spiro atoms. The van der Waals surface area contributed by atoms with Gasteiger partial charge in [0, 0.05) is 25.7 Å². The van der Waals surface area contributed by atoms with Crippen molar-refractivity contribution in [3.05, 3.63) is 24.7 Å². The van der Waals surface area contributed by atoms with Gasteiger partial charge in [0.25, 0.3) is 0 Å². The molecule has 0 radical (unpaired) electrons. The normalized spacial score (nSPS) is 10.1. The fourth-order valence-corrected chi connectivity index (χ4v) is 1.25. The van der Waals surface area contributed by atoms with E-state index in [1.54, 1.807) is 30.3 Å². The first-order chi connectivity index (χ1) is 7.65. The molecule has 0 atom stereocenters. The van der Waals surface area contributed by atoms with Gasteiger partial charge in [0.05, 0.1) is 0 Å². The van der Waals surface area contributed by atoms with E-state index < -0.39 is 0 Å². The summed E-state index contributed by atoms with van der Waals surface area (Å²) in [4.78, 5) is 19.0. The van der Waals surface area contributed by atoms with Crippen LogP contribution in [-0.2, 0) is 11.8 Å². The average molecular weight is 217 g/mol. The van der Waals surface area contributed by atoms with Gasteiger partial charge in [-0.1, -0.05) is 0 Å². The summed E-state index contributed by atoms with van der Waals surface area (Å²) >= 11 is 0. The molecule has 0 aromatic carbocycles. The average Bonchev–Trinajstić information content (AvgIpc) is 2.65. The number of pyridine rings is 1. The molecular formula is C10H11N5O. The van der Waals surface area contributed by atoms with Crippen molar-refractivity contribution in [2.24, 2.45) is 7.05 Å². The van der Waals surface area contributed by atoms with Crippen molar-refractivity contribution in [1.82, 2.24) is 19.7 Å². The van der Waals surface area contributed by atoms with Crippen LogP contribution in [0.3, 0.4) is 0 Å². The van der Waals surface area contributed by atoms with E-state index in [4.69, 9.17) is 0 Å². The Hall–Kier alpha value is -2.24. The Labute approximate surface area is 92.3 Å². The summed E-state index contributed by atoms with van der Waals surface area (Å²) in [5.74, 6) is 0.993. The lowest BCUT2D eigenvalue weighted by Crippen LogP contribution is -2.06. The molecule has 6 heteroatoms. The fraction of sp³-hybridized carbons (Fsp3) is 0.200. The first-order valence-corrected chi connectivity index (χ1v) is 4.75. The van der Waals surface area contributed by atoms with Crippen LogP contribution in [0.15, 0.2) is 24.7 Å². The second-order valence-corrected chi connectivity index (χ2v) is 3.36. The molecule has 6 nitrogen and oxygen atoms in total. The van der Waals surface area contributed by atoms with Crippen molar-refractivity contribution in [2.45, 2.75) is 6.92 Å². The van der Waals surface area contributed by atoms with Gasteiger partial charge in [-0.2, -0.15) is 5.10 Å². The summed E-state index contributed by atoms with van der Waals surface area (Å²) in [5.41, 5.74) is 0.815. The van der Waals surface area contributed by atoms with Crippen LogP contribution in [0.2, 0.25) is 0 Å². The fourth-order valence-electron chi connectivity index (χ4n) is 1.25. The molecule has 0 aliphatic heterocycles. The Bertz CT molecular complexity index is 502. The Balaban J connectivity index is 2.22. The molecule has 1 amide bonds. The first-order valence-electron chi connectivity index (χ1n) is 4.75. The molecule has 0 saturated heterocycles. The summed E-state index contributed by atoms with van der Waals surface area (Å²) in [6, 6.07) is 3.53. The zero-order chi connectivity index (χ0) is 11.5. The number of hydrogen-bond donors (Lipinski definition) is 1. The standard InChI is InChI=1S/C10H11N5O/c1-7(16)13-9-4-3-8(5-11-9)10-12-6-15(2)14-10/h3-6H,1-2H3,(H,11,13,16). The maximum atomic E-state index is 10.8. The van der Waals surface area contributed by atoms with Gasteiger partial charge in [-0.3, -0.25) is 9.48 Å². The van der Waals surface area contributed by atoms with Gasteiger partial charge < -0.3 is 5.32 Å². The number of anilines is 1. The van der Waals surface area contributed by atoms with E-state index in [2.05, 4.69) is 20.4 Å². The molecule has 0 unspecified atom stereocenters. The number of nitrogens with one attached hydrogen (secondary N) is 1. The number of hydrogen-bond acceptors (Lipinski definition) is 4. The van der Waals surface area contributed by atoms with Crippen LogP contribution in [0.25, 0.3) is 11.4 Å². The molecule has 0 aliphatic rings. The maximum absolute atomic E-state index is 10.8. The summed E-state index contributed by atoms with van der Waals surface area (Å²) in [7, 11) is 1.80. The highest BCUT2D eigenvalue weighted by Gasteiger charge is 2.03. The third-order valence-electron chi connectivity index (χ3n) is 1.93. The second kappa shape index (κ2) is 4.09. The van der Waals surface area contributed by atoms with Crippen LogP contribution in [0.4, 0.5) is 5.82 Å². The van der Waals surface area contributed by atoms with E-state index in [1.807, 2.05) is 6.07 Å². The van der Waals surface area contributed by atoms with Crippen molar-refractivity contribution in [3.8, 4) is 11.4 Å². The lowest BCUT2D eigenvalue weighted by molar-refractivity contribution is -0.114. The van der Waals surface area contributed by atoms with E-state index in [0.717, 1.165) is 5.56 Å². The molecule has 0 fully saturated rings. The monoisotopic (exact) mass is 217 g/mol. The minimum atomic E-state index is -0.142. The highest BCUT2D eigenvalue weighted by atomic mass is 16.1. The third kappa shape index (κ3) is 2.22. The van der Waals surface area contributed by atoms with E-state index in [0.29, 0.717) is 11.6 Å². The highest BCUT2D eigenvalue weighted by molar-refractivity contribution is 5.87. The van der Waals surface area contributed by atoms with Gasteiger partial charge >= 0.3 is 0 Å². The number of carbonyl (C=O) groups is 1. The lowest BCUT2D eigenvalue weighted by atomic mass is 10.3. The smallest absolute Gasteiger partial charge is 0.222 e. The Morgan fingerprint density at radius 3 is 2.69 bits per heavy atom. The van der Waals surface area contributed by atoms with E-state index in [1.165, 1.54) is 6.92 Å². The number of aryl methyl sites for hydroxylation is 1. The summed E-state index contributed by atoms with van der Waals surface area (Å²) < 4.78 is 1.62. The third-order valence-corrected chi connectivity index (χ3v) is 1.93. The van der Waals surface area contributed by atoms with Crippen molar-refractivity contribution in [3.63, 3.8) is 0 Å². The molecule has 0 bridgehead atoms. The largest absolute Gasteiger partial charge is 0.311 e.